The number of nitrogens with one attached hydrogen (secondary N) is 2. The minimum absolute atomic E-state index is 0.209. The molecule has 0 aromatic rings. The highest BCUT2D eigenvalue weighted by atomic mass is 16.1. The fraction of sp³-hybridized carbons (Fsp3) is 0.810. The summed E-state index contributed by atoms with van der Waals surface area (Å²) in [7, 11) is 0. The van der Waals surface area contributed by atoms with E-state index in [2.05, 4.69) is 23.6 Å². The number of amides is 1. The fourth-order valence-corrected chi connectivity index (χ4v) is 6.57. The van der Waals surface area contributed by atoms with E-state index in [1.165, 1.54) is 51.4 Å². The van der Waals surface area contributed by atoms with Gasteiger partial charge < -0.3 is 10.6 Å². The van der Waals surface area contributed by atoms with Gasteiger partial charge in [-0.3, -0.25) is 4.79 Å². The van der Waals surface area contributed by atoms with Gasteiger partial charge in [0.25, 0.3) is 5.91 Å². The molecule has 0 radical (unpaired) electrons. The Balaban J connectivity index is 1.39. The molecule has 0 aliphatic heterocycles. The van der Waals surface area contributed by atoms with Gasteiger partial charge in [-0.2, -0.15) is 5.26 Å². The lowest BCUT2D eigenvalue weighted by Crippen LogP contribution is -2.54. The van der Waals surface area contributed by atoms with Crippen molar-refractivity contribution in [2.75, 3.05) is 0 Å². The lowest BCUT2D eigenvalue weighted by molar-refractivity contribution is -0.117. The molecule has 5 rings (SSSR count). The lowest BCUT2D eigenvalue weighted by Gasteiger charge is -2.59. The smallest absolute Gasteiger partial charge is 0.263 e. The average molecular weight is 341 g/mol. The molecule has 5 aliphatic rings. The molecule has 0 heterocycles. The summed E-state index contributed by atoms with van der Waals surface area (Å²) in [5, 5.41) is 15.9. The quantitative estimate of drug-likeness (QED) is 0.592. The average Bonchev–Trinajstić information content (AvgIpc) is 3.07. The largest absolute Gasteiger partial charge is 0.387 e. The molecular weight excluding hydrogens is 310 g/mol. The SMILES string of the molecule is CC(N/C=C(/C#N)C(=O)NC1CCCC1)C12CC3CC(CC(C3)C1)C2. The van der Waals surface area contributed by atoms with E-state index in [0.717, 1.165) is 30.6 Å². The Hall–Kier alpha value is -1.50. The van der Waals surface area contributed by atoms with Crippen LogP contribution >= 0.6 is 0 Å². The van der Waals surface area contributed by atoms with Gasteiger partial charge in [0.15, 0.2) is 0 Å². The van der Waals surface area contributed by atoms with Crippen molar-refractivity contribution in [3.63, 3.8) is 0 Å². The van der Waals surface area contributed by atoms with Gasteiger partial charge in [-0.15, -0.1) is 0 Å². The van der Waals surface area contributed by atoms with Crippen molar-refractivity contribution in [2.24, 2.45) is 23.2 Å². The first-order valence-electron chi connectivity index (χ1n) is 10.2. The monoisotopic (exact) mass is 341 g/mol. The second-order valence-electron chi connectivity index (χ2n) is 9.29. The zero-order chi connectivity index (χ0) is 17.4. The van der Waals surface area contributed by atoms with Gasteiger partial charge in [-0.25, -0.2) is 0 Å². The molecule has 5 aliphatic carbocycles. The Labute approximate surface area is 151 Å². The van der Waals surface area contributed by atoms with Crippen molar-refractivity contribution in [1.29, 1.82) is 5.26 Å². The highest BCUT2D eigenvalue weighted by Gasteiger charge is 2.53. The van der Waals surface area contributed by atoms with E-state index in [0.29, 0.717) is 11.5 Å². The predicted molar refractivity (Wildman–Crippen MR) is 97.3 cm³/mol. The van der Waals surface area contributed by atoms with Crippen LogP contribution in [0.15, 0.2) is 11.8 Å². The summed E-state index contributed by atoms with van der Waals surface area (Å²) >= 11 is 0. The third kappa shape index (κ3) is 3.30. The van der Waals surface area contributed by atoms with Crippen LogP contribution in [0.25, 0.3) is 0 Å². The Kier molecular flexibility index (Phi) is 4.52. The van der Waals surface area contributed by atoms with Crippen LogP contribution in [0.2, 0.25) is 0 Å². The number of hydrogen-bond acceptors (Lipinski definition) is 3. The molecule has 4 nitrogen and oxygen atoms in total. The van der Waals surface area contributed by atoms with E-state index < -0.39 is 0 Å². The molecular formula is C21H31N3O. The van der Waals surface area contributed by atoms with Crippen LogP contribution in [0.4, 0.5) is 0 Å². The second kappa shape index (κ2) is 6.67. The van der Waals surface area contributed by atoms with Gasteiger partial charge in [0.1, 0.15) is 11.6 Å². The molecule has 4 bridgehead atoms. The molecule has 136 valence electrons. The highest BCUT2D eigenvalue weighted by Crippen LogP contribution is 2.61. The van der Waals surface area contributed by atoms with Crippen LogP contribution in [-0.4, -0.2) is 18.0 Å². The molecule has 1 atom stereocenters. The Morgan fingerprint density at radius 1 is 1.12 bits per heavy atom. The van der Waals surface area contributed by atoms with Gasteiger partial charge in [-0.1, -0.05) is 12.8 Å². The first-order chi connectivity index (χ1) is 12.1. The first-order valence-corrected chi connectivity index (χ1v) is 10.2. The van der Waals surface area contributed by atoms with Gasteiger partial charge in [0.2, 0.25) is 0 Å². The van der Waals surface area contributed by atoms with Crippen molar-refractivity contribution >= 4 is 5.91 Å². The van der Waals surface area contributed by atoms with Crippen LogP contribution in [0.3, 0.4) is 0 Å². The molecule has 5 saturated carbocycles. The molecule has 2 N–H and O–H groups in total. The topological polar surface area (TPSA) is 64.9 Å². The molecule has 0 saturated heterocycles. The Morgan fingerprint density at radius 3 is 2.20 bits per heavy atom. The summed E-state index contributed by atoms with van der Waals surface area (Å²) in [6.45, 7) is 2.26. The summed E-state index contributed by atoms with van der Waals surface area (Å²) in [5.74, 6) is 2.54. The second-order valence-corrected chi connectivity index (χ2v) is 9.29. The first kappa shape index (κ1) is 16.9. The molecule has 0 aromatic heterocycles. The van der Waals surface area contributed by atoms with E-state index in [1.54, 1.807) is 6.20 Å². The zero-order valence-electron chi connectivity index (χ0n) is 15.4. The van der Waals surface area contributed by atoms with Crippen LogP contribution in [0.1, 0.15) is 71.1 Å². The minimum atomic E-state index is -0.209. The Morgan fingerprint density at radius 2 is 1.68 bits per heavy atom. The molecule has 5 fully saturated rings. The van der Waals surface area contributed by atoms with E-state index in [9.17, 15) is 10.1 Å². The Bertz CT molecular complexity index is 561. The standard InChI is InChI=1S/C21H31N3O/c1-14(21-9-15-6-16(10-21)8-17(7-15)11-21)23-13-18(12-22)20(25)24-19-4-2-3-5-19/h13-17,19,23H,2-11H2,1H3,(H,24,25)/b18-13-. The van der Waals surface area contributed by atoms with Crippen LogP contribution in [0, 0.1) is 34.5 Å². The van der Waals surface area contributed by atoms with Gasteiger partial charge in [0, 0.05) is 18.3 Å². The van der Waals surface area contributed by atoms with Crippen molar-refractivity contribution in [3.8, 4) is 6.07 Å². The van der Waals surface area contributed by atoms with Crippen LogP contribution in [-0.2, 0) is 4.79 Å². The molecule has 0 spiro atoms. The minimum Gasteiger partial charge on any atom is -0.387 e. The summed E-state index contributed by atoms with van der Waals surface area (Å²) in [4.78, 5) is 12.3. The van der Waals surface area contributed by atoms with E-state index in [4.69, 9.17) is 0 Å². The molecule has 4 heteroatoms. The number of carbonyl (C=O) groups is 1. The van der Waals surface area contributed by atoms with Crippen molar-refractivity contribution in [1.82, 2.24) is 10.6 Å². The summed E-state index contributed by atoms with van der Waals surface area (Å²) in [5.41, 5.74) is 0.608. The number of rotatable bonds is 5. The zero-order valence-corrected chi connectivity index (χ0v) is 15.4. The number of nitriles is 1. The highest BCUT2D eigenvalue weighted by molar-refractivity contribution is 5.97. The van der Waals surface area contributed by atoms with Crippen molar-refractivity contribution in [3.05, 3.63) is 11.8 Å². The maximum absolute atomic E-state index is 12.3. The van der Waals surface area contributed by atoms with Gasteiger partial charge in [-0.05, 0) is 81.5 Å². The predicted octanol–water partition coefficient (Wildman–Crippen LogP) is 3.65. The van der Waals surface area contributed by atoms with Gasteiger partial charge >= 0.3 is 0 Å². The van der Waals surface area contributed by atoms with Crippen molar-refractivity contribution in [2.45, 2.75) is 83.2 Å². The number of carbonyl (C=O) groups excluding carboxylic acids is 1. The fourth-order valence-electron chi connectivity index (χ4n) is 6.57. The number of hydrogen-bond donors (Lipinski definition) is 2. The van der Waals surface area contributed by atoms with Crippen LogP contribution < -0.4 is 10.6 Å². The van der Waals surface area contributed by atoms with Crippen molar-refractivity contribution < 1.29 is 4.79 Å². The molecule has 0 aromatic carbocycles. The molecule has 25 heavy (non-hydrogen) atoms. The van der Waals surface area contributed by atoms with E-state index >= 15 is 0 Å². The number of nitrogens with zero attached hydrogens (tertiary/aromatic N) is 1. The van der Waals surface area contributed by atoms with E-state index in [-0.39, 0.29) is 17.5 Å². The summed E-state index contributed by atoms with van der Waals surface area (Å²) in [6, 6.07) is 2.68. The van der Waals surface area contributed by atoms with Crippen LogP contribution in [0.5, 0.6) is 0 Å². The van der Waals surface area contributed by atoms with E-state index in [1.807, 2.05) is 0 Å². The third-order valence-corrected chi connectivity index (χ3v) is 7.54. The maximum Gasteiger partial charge on any atom is 0.263 e. The molecule has 1 amide bonds. The third-order valence-electron chi connectivity index (χ3n) is 7.54. The molecule has 1 unspecified atom stereocenters. The normalized spacial score (nSPS) is 38.4. The summed E-state index contributed by atoms with van der Waals surface area (Å²) in [6.07, 6.45) is 14.4. The van der Waals surface area contributed by atoms with Gasteiger partial charge in [0.05, 0.1) is 0 Å². The lowest BCUT2D eigenvalue weighted by atomic mass is 9.48. The summed E-state index contributed by atoms with van der Waals surface area (Å²) < 4.78 is 0. The maximum atomic E-state index is 12.3.